The lowest BCUT2D eigenvalue weighted by Crippen LogP contribution is -2.25. The first-order chi connectivity index (χ1) is 9.70. The van der Waals surface area contributed by atoms with E-state index in [1.807, 2.05) is 30.3 Å². The van der Waals surface area contributed by atoms with Gasteiger partial charge in [0.25, 0.3) is 5.91 Å². The number of nitrogens with zero attached hydrogens (tertiary/aromatic N) is 1. The molecule has 0 aliphatic carbocycles. The Hall–Kier alpha value is -1.42. The van der Waals surface area contributed by atoms with Crippen molar-refractivity contribution in [3.8, 4) is 0 Å². The first-order valence-electron chi connectivity index (χ1n) is 6.90. The Balaban J connectivity index is 1.91. The number of hydrogen-bond acceptors (Lipinski definition) is 2. The zero-order chi connectivity index (χ0) is 14.4. The third-order valence-electron chi connectivity index (χ3n) is 3.25. The summed E-state index contributed by atoms with van der Waals surface area (Å²) >= 11 is 3.46. The van der Waals surface area contributed by atoms with Crippen LogP contribution in [0.3, 0.4) is 0 Å². The van der Waals surface area contributed by atoms with Crippen molar-refractivity contribution in [2.75, 3.05) is 11.9 Å². The van der Waals surface area contributed by atoms with Gasteiger partial charge in [-0.3, -0.25) is 4.79 Å². The highest BCUT2D eigenvalue weighted by Crippen LogP contribution is 2.12. The van der Waals surface area contributed by atoms with Crippen LogP contribution in [0, 0.1) is 5.92 Å². The summed E-state index contributed by atoms with van der Waals surface area (Å²) in [6.45, 7) is 2.89. The number of carbonyl (C=O) groups excluding carboxylic acids is 1. The molecule has 4 heteroatoms. The molecule has 0 aliphatic heterocycles. The molecule has 0 radical (unpaired) electrons. The van der Waals surface area contributed by atoms with Crippen LogP contribution < -0.4 is 5.32 Å². The van der Waals surface area contributed by atoms with Crippen molar-refractivity contribution in [3.05, 3.63) is 42.1 Å². The summed E-state index contributed by atoms with van der Waals surface area (Å²) in [7, 11) is 0. The van der Waals surface area contributed by atoms with E-state index in [1.54, 1.807) is 6.07 Å². The van der Waals surface area contributed by atoms with E-state index in [9.17, 15) is 4.79 Å². The van der Waals surface area contributed by atoms with E-state index < -0.39 is 0 Å². The van der Waals surface area contributed by atoms with Crippen molar-refractivity contribution in [3.63, 3.8) is 0 Å². The Kier molecular flexibility index (Phi) is 5.53. The molecule has 1 aromatic heterocycles. The number of pyridine rings is 1. The number of hydrogen-bond donors (Lipinski definition) is 1. The molecule has 1 heterocycles. The molecule has 20 heavy (non-hydrogen) atoms. The van der Waals surface area contributed by atoms with E-state index in [0.29, 0.717) is 18.2 Å². The number of alkyl halides is 1. The maximum atomic E-state index is 12.0. The number of fused-ring (bicyclic) bond motifs is 1. The lowest BCUT2D eigenvalue weighted by molar-refractivity contribution is 0.0948. The summed E-state index contributed by atoms with van der Waals surface area (Å²) < 4.78 is 0. The van der Waals surface area contributed by atoms with E-state index in [4.69, 9.17) is 0 Å². The smallest absolute Gasteiger partial charge is 0.269 e. The summed E-state index contributed by atoms with van der Waals surface area (Å²) in [6, 6.07) is 11.5. The Morgan fingerprint density at radius 3 is 2.90 bits per heavy atom. The topological polar surface area (TPSA) is 42.0 Å². The molecular formula is C16H19BrN2O. The second-order valence-corrected chi connectivity index (χ2v) is 5.69. The van der Waals surface area contributed by atoms with Gasteiger partial charge in [-0.2, -0.15) is 0 Å². The largest absolute Gasteiger partial charge is 0.351 e. The number of halogens is 1. The number of benzene rings is 1. The standard InChI is InChI=1S/C16H19BrN2O/c1-12(11-17)5-4-10-18-16(20)15-9-8-13-6-2-3-7-14(13)19-15/h2-3,6-9,12H,4-5,10-11H2,1H3,(H,18,20). The molecule has 0 spiro atoms. The molecule has 0 fully saturated rings. The monoisotopic (exact) mass is 334 g/mol. The fourth-order valence-corrected chi connectivity index (χ4v) is 2.34. The third kappa shape index (κ3) is 4.04. The zero-order valence-electron chi connectivity index (χ0n) is 11.6. The van der Waals surface area contributed by atoms with Gasteiger partial charge < -0.3 is 5.32 Å². The van der Waals surface area contributed by atoms with Gasteiger partial charge in [0.1, 0.15) is 5.69 Å². The third-order valence-corrected chi connectivity index (χ3v) is 4.36. The molecule has 1 N–H and O–H groups in total. The highest BCUT2D eigenvalue weighted by molar-refractivity contribution is 9.09. The van der Waals surface area contributed by atoms with Gasteiger partial charge in [-0.05, 0) is 30.9 Å². The van der Waals surface area contributed by atoms with Crippen LogP contribution in [0.2, 0.25) is 0 Å². The van der Waals surface area contributed by atoms with E-state index in [2.05, 4.69) is 33.2 Å². The second-order valence-electron chi connectivity index (χ2n) is 5.05. The van der Waals surface area contributed by atoms with Crippen molar-refractivity contribution in [1.82, 2.24) is 10.3 Å². The quantitative estimate of drug-likeness (QED) is 0.645. The normalized spacial score (nSPS) is 12.3. The predicted molar refractivity (Wildman–Crippen MR) is 86.3 cm³/mol. The fourth-order valence-electron chi connectivity index (χ4n) is 2.01. The van der Waals surface area contributed by atoms with Gasteiger partial charge in [-0.15, -0.1) is 0 Å². The fraction of sp³-hybridized carbons (Fsp3) is 0.375. The van der Waals surface area contributed by atoms with Gasteiger partial charge >= 0.3 is 0 Å². The average molecular weight is 335 g/mol. The Bertz CT molecular complexity index is 585. The molecule has 0 saturated heterocycles. The van der Waals surface area contributed by atoms with Crippen LogP contribution in [0.15, 0.2) is 36.4 Å². The van der Waals surface area contributed by atoms with Crippen molar-refractivity contribution in [2.24, 2.45) is 5.92 Å². The number of rotatable bonds is 6. The van der Waals surface area contributed by atoms with E-state index >= 15 is 0 Å². The minimum Gasteiger partial charge on any atom is -0.351 e. The molecule has 1 atom stereocenters. The van der Waals surface area contributed by atoms with Crippen molar-refractivity contribution in [1.29, 1.82) is 0 Å². The predicted octanol–water partition coefficient (Wildman–Crippen LogP) is 3.78. The molecule has 1 unspecified atom stereocenters. The highest BCUT2D eigenvalue weighted by atomic mass is 79.9. The SMILES string of the molecule is CC(CBr)CCCNC(=O)c1ccc2ccccc2n1. The number of para-hydroxylation sites is 1. The Morgan fingerprint density at radius 1 is 1.30 bits per heavy atom. The van der Waals surface area contributed by atoms with Gasteiger partial charge in [0, 0.05) is 17.3 Å². The average Bonchev–Trinajstić information content (AvgIpc) is 2.50. The Labute approximate surface area is 127 Å². The lowest BCUT2D eigenvalue weighted by Gasteiger charge is -2.08. The molecule has 2 rings (SSSR count). The highest BCUT2D eigenvalue weighted by Gasteiger charge is 2.07. The van der Waals surface area contributed by atoms with Crippen LogP contribution in [-0.4, -0.2) is 22.8 Å². The van der Waals surface area contributed by atoms with Crippen LogP contribution in [-0.2, 0) is 0 Å². The summed E-state index contributed by atoms with van der Waals surface area (Å²) in [5.41, 5.74) is 1.34. The molecule has 0 aliphatic rings. The van der Waals surface area contributed by atoms with Gasteiger partial charge in [0.15, 0.2) is 0 Å². The first-order valence-corrected chi connectivity index (χ1v) is 8.03. The van der Waals surface area contributed by atoms with E-state index in [1.165, 1.54) is 0 Å². The second kappa shape index (κ2) is 7.39. The lowest BCUT2D eigenvalue weighted by atomic mass is 10.1. The van der Waals surface area contributed by atoms with E-state index in [-0.39, 0.29) is 5.91 Å². The first kappa shape index (κ1) is 15.0. The van der Waals surface area contributed by atoms with Crippen LogP contribution in [0.5, 0.6) is 0 Å². The molecule has 106 valence electrons. The van der Waals surface area contributed by atoms with Gasteiger partial charge in [-0.1, -0.05) is 47.1 Å². The number of carbonyl (C=O) groups is 1. The van der Waals surface area contributed by atoms with Crippen molar-refractivity contribution in [2.45, 2.75) is 19.8 Å². The summed E-state index contributed by atoms with van der Waals surface area (Å²) in [5, 5.41) is 4.98. The van der Waals surface area contributed by atoms with Crippen LogP contribution >= 0.6 is 15.9 Å². The zero-order valence-corrected chi connectivity index (χ0v) is 13.2. The van der Waals surface area contributed by atoms with Crippen molar-refractivity contribution < 1.29 is 4.79 Å². The summed E-state index contributed by atoms with van der Waals surface area (Å²) in [4.78, 5) is 16.4. The number of aromatic nitrogens is 1. The molecular weight excluding hydrogens is 316 g/mol. The summed E-state index contributed by atoms with van der Waals surface area (Å²) in [6.07, 6.45) is 2.10. The molecule has 0 bridgehead atoms. The molecule has 2 aromatic rings. The van der Waals surface area contributed by atoms with Crippen LogP contribution in [0.4, 0.5) is 0 Å². The van der Waals surface area contributed by atoms with Gasteiger partial charge in [0.05, 0.1) is 5.52 Å². The minimum absolute atomic E-state index is 0.0951. The van der Waals surface area contributed by atoms with Crippen LogP contribution in [0.1, 0.15) is 30.3 Å². The molecule has 1 aromatic carbocycles. The maximum absolute atomic E-state index is 12.0. The van der Waals surface area contributed by atoms with Gasteiger partial charge in [0.2, 0.25) is 0 Å². The van der Waals surface area contributed by atoms with Crippen molar-refractivity contribution >= 4 is 32.7 Å². The van der Waals surface area contributed by atoms with E-state index in [0.717, 1.165) is 29.1 Å². The molecule has 3 nitrogen and oxygen atoms in total. The number of nitrogens with one attached hydrogen (secondary N) is 1. The molecule has 0 saturated carbocycles. The van der Waals surface area contributed by atoms with Gasteiger partial charge in [-0.25, -0.2) is 4.98 Å². The number of amides is 1. The molecule has 1 amide bonds. The summed E-state index contributed by atoms with van der Waals surface area (Å²) in [5.74, 6) is 0.549. The van der Waals surface area contributed by atoms with Crippen LogP contribution in [0.25, 0.3) is 10.9 Å². The minimum atomic E-state index is -0.0951. The Morgan fingerprint density at radius 2 is 2.10 bits per heavy atom. The maximum Gasteiger partial charge on any atom is 0.269 e.